The third kappa shape index (κ3) is 3.15. The second kappa shape index (κ2) is 5.17. The van der Waals surface area contributed by atoms with Crippen molar-refractivity contribution in [2.45, 2.75) is 40.3 Å². The zero-order valence-electron chi connectivity index (χ0n) is 11.5. The number of carbonyl (C=O) groups excluding carboxylic acids is 1. The van der Waals surface area contributed by atoms with Crippen LogP contribution in [0.3, 0.4) is 0 Å². The van der Waals surface area contributed by atoms with Crippen LogP contribution in [-0.4, -0.2) is 35.7 Å². The molecule has 0 saturated heterocycles. The van der Waals surface area contributed by atoms with Gasteiger partial charge in [-0.2, -0.15) is 5.10 Å². The molecule has 2 aromatic heterocycles. The fraction of sp³-hybridized carbons (Fsp3) is 0.545. The molecule has 2 aromatic rings. The van der Waals surface area contributed by atoms with E-state index < -0.39 is 0 Å². The van der Waals surface area contributed by atoms with E-state index in [9.17, 15) is 4.79 Å². The summed E-state index contributed by atoms with van der Waals surface area (Å²) < 4.78 is 3.23. The number of rotatable bonds is 4. The van der Waals surface area contributed by atoms with Gasteiger partial charge < -0.3 is 5.32 Å². The Morgan fingerprint density at radius 3 is 2.68 bits per heavy atom. The van der Waals surface area contributed by atoms with Gasteiger partial charge in [0.1, 0.15) is 18.2 Å². The van der Waals surface area contributed by atoms with Crippen molar-refractivity contribution in [2.75, 3.05) is 5.32 Å². The smallest absolute Gasteiger partial charge is 0.247 e. The van der Waals surface area contributed by atoms with E-state index in [4.69, 9.17) is 0 Å². The molecule has 1 amide bonds. The minimum atomic E-state index is -0.205. The Morgan fingerprint density at radius 1 is 1.42 bits per heavy atom. The maximum atomic E-state index is 11.8. The van der Waals surface area contributed by atoms with Gasteiger partial charge in [0.05, 0.1) is 6.20 Å². The van der Waals surface area contributed by atoms with E-state index in [1.165, 1.54) is 0 Å². The Kier molecular flexibility index (Phi) is 3.59. The number of anilines is 1. The molecule has 8 heteroatoms. The van der Waals surface area contributed by atoms with E-state index in [1.807, 2.05) is 20.8 Å². The van der Waals surface area contributed by atoms with Crippen LogP contribution in [0.5, 0.6) is 0 Å². The summed E-state index contributed by atoms with van der Waals surface area (Å²) in [5.41, 5.74) is 0. The standard InChI is InChI=1S/C11H17N7O/c1-7(2)17-5-10(14-16-17)13-11(19)6-18-9(4)12-8(3)15-18/h5,7H,6H2,1-4H3,(H,13,19). The number of nitrogens with zero attached hydrogens (tertiary/aromatic N) is 6. The Morgan fingerprint density at radius 2 is 2.16 bits per heavy atom. The second-order valence-electron chi connectivity index (χ2n) is 4.59. The molecular formula is C11H17N7O. The van der Waals surface area contributed by atoms with Crippen molar-refractivity contribution in [3.63, 3.8) is 0 Å². The first kappa shape index (κ1) is 13.2. The number of aromatic nitrogens is 6. The van der Waals surface area contributed by atoms with Gasteiger partial charge in [0, 0.05) is 6.04 Å². The van der Waals surface area contributed by atoms with Crippen LogP contribution >= 0.6 is 0 Å². The summed E-state index contributed by atoms with van der Waals surface area (Å²) in [4.78, 5) is 16.0. The molecule has 0 spiro atoms. The lowest BCUT2D eigenvalue weighted by molar-refractivity contribution is -0.117. The van der Waals surface area contributed by atoms with Crippen LogP contribution in [0.25, 0.3) is 0 Å². The third-order valence-electron chi connectivity index (χ3n) is 2.56. The molecule has 0 saturated carbocycles. The fourth-order valence-electron chi connectivity index (χ4n) is 1.62. The van der Waals surface area contributed by atoms with Crippen LogP contribution in [0.4, 0.5) is 5.82 Å². The van der Waals surface area contributed by atoms with Crippen LogP contribution < -0.4 is 5.32 Å². The van der Waals surface area contributed by atoms with Crippen molar-refractivity contribution in [3.8, 4) is 0 Å². The molecule has 2 heterocycles. The SMILES string of the molecule is Cc1nc(C)n(CC(=O)Nc2cn(C(C)C)nn2)n1. The maximum absolute atomic E-state index is 11.8. The molecule has 0 fully saturated rings. The average Bonchev–Trinajstić information content (AvgIpc) is 2.87. The maximum Gasteiger partial charge on any atom is 0.247 e. The van der Waals surface area contributed by atoms with E-state index in [0.29, 0.717) is 17.5 Å². The zero-order valence-corrected chi connectivity index (χ0v) is 11.5. The van der Waals surface area contributed by atoms with E-state index in [2.05, 4.69) is 25.7 Å². The van der Waals surface area contributed by atoms with Gasteiger partial charge in [-0.25, -0.2) is 14.3 Å². The lowest BCUT2D eigenvalue weighted by atomic mass is 10.4. The predicted octanol–water partition coefficient (Wildman–Crippen LogP) is 0.706. The summed E-state index contributed by atoms with van der Waals surface area (Å²) >= 11 is 0. The Balaban J connectivity index is 1.99. The van der Waals surface area contributed by atoms with Gasteiger partial charge in [-0.1, -0.05) is 5.21 Å². The van der Waals surface area contributed by atoms with Gasteiger partial charge in [-0.05, 0) is 27.7 Å². The predicted molar refractivity (Wildman–Crippen MR) is 68.5 cm³/mol. The molecule has 0 aliphatic heterocycles. The lowest BCUT2D eigenvalue weighted by Gasteiger charge is -2.03. The van der Waals surface area contributed by atoms with Gasteiger partial charge in [-0.3, -0.25) is 4.79 Å². The quantitative estimate of drug-likeness (QED) is 0.877. The highest BCUT2D eigenvalue weighted by Gasteiger charge is 2.10. The molecule has 0 bridgehead atoms. The zero-order chi connectivity index (χ0) is 14.0. The highest BCUT2D eigenvalue weighted by atomic mass is 16.2. The number of carbonyl (C=O) groups is 1. The van der Waals surface area contributed by atoms with E-state index in [1.54, 1.807) is 22.5 Å². The summed E-state index contributed by atoms with van der Waals surface area (Å²) in [6.45, 7) is 7.68. The number of hydrogen-bond donors (Lipinski definition) is 1. The summed E-state index contributed by atoms with van der Waals surface area (Å²) in [5, 5.41) is 14.6. The molecule has 0 aliphatic rings. The van der Waals surface area contributed by atoms with Crippen LogP contribution in [0.15, 0.2) is 6.20 Å². The van der Waals surface area contributed by atoms with E-state index in [0.717, 1.165) is 0 Å². The molecule has 0 unspecified atom stereocenters. The van der Waals surface area contributed by atoms with Gasteiger partial charge in [0.2, 0.25) is 5.91 Å². The Labute approximate surface area is 110 Å². The monoisotopic (exact) mass is 263 g/mol. The molecule has 0 radical (unpaired) electrons. The van der Waals surface area contributed by atoms with Gasteiger partial charge in [0.15, 0.2) is 5.82 Å². The summed E-state index contributed by atoms with van der Waals surface area (Å²) in [6.07, 6.45) is 1.70. The van der Waals surface area contributed by atoms with Crippen molar-refractivity contribution in [2.24, 2.45) is 0 Å². The number of nitrogens with one attached hydrogen (secondary N) is 1. The molecule has 1 N–H and O–H groups in total. The second-order valence-corrected chi connectivity index (χ2v) is 4.59. The minimum absolute atomic E-state index is 0.112. The van der Waals surface area contributed by atoms with Crippen LogP contribution in [-0.2, 0) is 11.3 Å². The van der Waals surface area contributed by atoms with Gasteiger partial charge in [-0.15, -0.1) is 5.10 Å². The molecule has 102 valence electrons. The molecule has 2 rings (SSSR count). The van der Waals surface area contributed by atoms with Crippen LogP contribution in [0, 0.1) is 13.8 Å². The third-order valence-corrected chi connectivity index (χ3v) is 2.56. The van der Waals surface area contributed by atoms with Crippen molar-refractivity contribution in [1.29, 1.82) is 0 Å². The number of amides is 1. The largest absolute Gasteiger partial charge is 0.306 e. The van der Waals surface area contributed by atoms with Gasteiger partial charge >= 0.3 is 0 Å². The lowest BCUT2D eigenvalue weighted by Crippen LogP contribution is -2.20. The Bertz CT molecular complexity index is 584. The first-order chi connectivity index (χ1) is 8.95. The van der Waals surface area contributed by atoms with Crippen molar-refractivity contribution in [1.82, 2.24) is 29.8 Å². The van der Waals surface area contributed by atoms with Gasteiger partial charge in [0.25, 0.3) is 0 Å². The molecule has 0 aromatic carbocycles. The molecule has 0 atom stereocenters. The van der Waals surface area contributed by atoms with Crippen molar-refractivity contribution >= 4 is 11.7 Å². The van der Waals surface area contributed by atoms with E-state index >= 15 is 0 Å². The van der Waals surface area contributed by atoms with E-state index in [-0.39, 0.29) is 18.5 Å². The normalized spacial score (nSPS) is 11.0. The minimum Gasteiger partial charge on any atom is -0.306 e. The van der Waals surface area contributed by atoms with Crippen LogP contribution in [0.1, 0.15) is 31.5 Å². The van der Waals surface area contributed by atoms with Crippen LogP contribution in [0.2, 0.25) is 0 Å². The topological polar surface area (TPSA) is 90.5 Å². The molecule has 0 aliphatic carbocycles. The first-order valence-corrected chi connectivity index (χ1v) is 6.05. The number of aryl methyl sites for hydroxylation is 2. The molecular weight excluding hydrogens is 246 g/mol. The number of hydrogen-bond acceptors (Lipinski definition) is 5. The van der Waals surface area contributed by atoms with Crippen molar-refractivity contribution < 1.29 is 4.79 Å². The molecule has 8 nitrogen and oxygen atoms in total. The highest BCUT2D eigenvalue weighted by molar-refractivity contribution is 5.89. The summed E-state index contributed by atoms with van der Waals surface area (Å²) in [5.74, 6) is 1.59. The first-order valence-electron chi connectivity index (χ1n) is 6.05. The molecule has 19 heavy (non-hydrogen) atoms. The fourth-order valence-corrected chi connectivity index (χ4v) is 1.62. The Hall–Kier alpha value is -2.25. The van der Waals surface area contributed by atoms with Crippen molar-refractivity contribution in [3.05, 3.63) is 17.8 Å². The summed E-state index contributed by atoms with van der Waals surface area (Å²) in [6, 6.07) is 0.207. The summed E-state index contributed by atoms with van der Waals surface area (Å²) in [7, 11) is 0. The average molecular weight is 263 g/mol. The highest BCUT2D eigenvalue weighted by Crippen LogP contribution is 2.06.